The van der Waals surface area contributed by atoms with Crippen molar-refractivity contribution in [1.29, 1.82) is 0 Å². The largest absolute Gasteiger partial charge is 0.480 e. The molecule has 0 aliphatic carbocycles. The summed E-state index contributed by atoms with van der Waals surface area (Å²) in [7, 11) is -1.60. The monoisotopic (exact) mass is 486 g/mol. The number of ether oxygens (including phenoxy) is 1. The zero-order valence-corrected chi connectivity index (χ0v) is 19.9. The molecule has 2 aliphatic rings. The molecule has 12 heteroatoms. The summed E-state index contributed by atoms with van der Waals surface area (Å²) in [5, 5.41) is 48.3. The van der Waals surface area contributed by atoms with Crippen molar-refractivity contribution in [2.24, 2.45) is 0 Å². The van der Waals surface area contributed by atoms with Gasteiger partial charge < -0.3 is 39.7 Å². The zero-order chi connectivity index (χ0) is 25.7. The molecule has 0 aromatic heterocycles. The van der Waals surface area contributed by atoms with E-state index in [1.54, 1.807) is 11.6 Å². The molecule has 0 spiro atoms. The molecule has 2 aliphatic heterocycles. The molecule has 2 fully saturated rings. The highest BCUT2D eigenvalue weighted by Crippen LogP contribution is 2.23. The molecule has 4 atom stereocenters. The van der Waals surface area contributed by atoms with Crippen LogP contribution in [0.2, 0.25) is 13.6 Å². The Kier molecular flexibility index (Phi) is 9.28. The first-order valence-electron chi connectivity index (χ1n) is 11.7. The molecule has 2 heterocycles. The second-order valence-corrected chi connectivity index (χ2v) is 9.11. The van der Waals surface area contributed by atoms with Crippen molar-refractivity contribution in [3.05, 3.63) is 48.0 Å². The van der Waals surface area contributed by atoms with Crippen LogP contribution in [0.25, 0.3) is 10.8 Å². The van der Waals surface area contributed by atoms with Gasteiger partial charge in [0.1, 0.15) is 12.1 Å². The quantitative estimate of drug-likeness (QED) is 0.352. The number of aliphatic carboxylic acids is 2. The highest BCUT2D eigenvalue weighted by Gasteiger charge is 2.41. The molecule has 188 valence electrons. The molecular weight excluding hydrogens is 454 g/mol. The number of rotatable bonds is 7. The molecule has 0 bridgehead atoms. The van der Waals surface area contributed by atoms with Gasteiger partial charge in [0, 0.05) is 19.5 Å². The summed E-state index contributed by atoms with van der Waals surface area (Å²) in [6, 6.07) is 12.9. The minimum absolute atomic E-state index is 0.183. The van der Waals surface area contributed by atoms with Crippen LogP contribution in [0.5, 0.6) is 0 Å². The Morgan fingerprint density at radius 2 is 1.49 bits per heavy atom. The van der Waals surface area contributed by atoms with E-state index in [2.05, 4.69) is 24.3 Å². The number of fused-ring (bicyclic) bond motifs is 1. The first kappa shape index (κ1) is 27.1. The molecule has 0 radical (unpaired) electrons. The van der Waals surface area contributed by atoms with Gasteiger partial charge in [0.15, 0.2) is 0 Å². The summed E-state index contributed by atoms with van der Waals surface area (Å²) in [6.07, 6.45) is -0.230. The molecule has 4 rings (SSSR count). The van der Waals surface area contributed by atoms with E-state index in [1.165, 1.54) is 17.0 Å². The third-order valence-electron chi connectivity index (χ3n) is 6.45. The lowest BCUT2D eigenvalue weighted by molar-refractivity contribution is -0.142. The summed E-state index contributed by atoms with van der Waals surface area (Å²) in [6.45, 7) is 4.18. The van der Waals surface area contributed by atoms with Gasteiger partial charge in [-0.3, -0.25) is 9.59 Å². The minimum atomic E-state index is -0.993. The van der Waals surface area contributed by atoms with E-state index in [-0.39, 0.29) is 19.1 Å². The number of carbonyl (C=O) groups is 2. The topological polar surface area (TPSA) is 151 Å². The highest BCUT2D eigenvalue weighted by atomic mass is 16.5. The number of nitrogens with zero attached hydrogens (tertiary/aromatic N) is 2. The number of β-amino-alcohol motifs (C(OH)–C–C–N with tert-alkyl or cyclic N) is 1. The molecule has 2 aromatic carbocycles. The number of aliphatic hydroxyl groups is 1. The van der Waals surface area contributed by atoms with Crippen LogP contribution in [0.4, 0.5) is 0 Å². The normalized spacial score (nSPS) is 24.7. The Bertz CT molecular complexity index is 1020. The molecule has 35 heavy (non-hydrogen) atoms. The van der Waals surface area contributed by atoms with Crippen molar-refractivity contribution in [2.75, 3.05) is 13.1 Å². The molecule has 0 amide bonds. The number of aliphatic hydroxyl groups excluding tert-OH is 1. The highest BCUT2D eigenvalue weighted by molar-refractivity contribution is 6.46. The predicted octanol–water partition coefficient (Wildman–Crippen LogP) is 0.611. The molecule has 2 aromatic rings. The summed E-state index contributed by atoms with van der Waals surface area (Å²) in [5.74, 6) is -1.91. The third-order valence-corrected chi connectivity index (χ3v) is 6.45. The maximum absolute atomic E-state index is 11.3. The molecular formula is C23H32B2N2O8. The van der Waals surface area contributed by atoms with Crippen LogP contribution in [-0.2, 0) is 20.9 Å². The van der Waals surface area contributed by atoms with Gasteiger partial charge in [0.05, 0.1) is 18.8 Å². The number of carboxylic acid groups (broad SMARTS) is 2. The van der Waals surface area contributed by atoms with Crippen LogP contribution >= 0.6 is 0 Å². The molecule has 0 saturated carbocycles. The molecule has 5 N–H and O–H groups in total. The zero-order valence-electron chi connectivity index (χ0n) is 19.9. The second kappa shape index (κ2) is 12.0. The van der Waals surface area contributed by atoms with E-state index >= 15 is 0 Å². The Hall–Kier alpha value is -2.47. The Balaban J connectivity index is 0.000000241. The lowest BCUT2D eigenvalue weighted by atomic mass is 9.84. The first-order valence-corrected chi connectivity index (χ1v) is 11.7. The Morgan fingerprint density at radius 1 is 0.914 bits per heavy atom. The van der Waals surface area contributed by atoms with Gasteiger partial charge in [-0.05, 0) is 42.5 Å². The van der Waals surface area contributed by atoms with Crippen LogP contribution in [0.15, 0.2) is 42.5 Å². The van der Waals surface area contributed by atoms with Gasteiger partial charge in [0.2, 0.25) is 0 Å². The number of carboxylic acids is 2. The van der Waals surface area contributed by atoms with Crippen molar-refractivity contribution in [3.8, 4) is 0 Å². The summed E-state index contributed by atoms with van der Waals surface area (Å²) >= 11 is 0. The van der Waals surface area contributed by atoms with E-state index in [0.717, 1.165) is 10.9 Å². The standard InChI is InChI=1S/C17H20BNO4.C6H12BNO4/c1-18(22)19-10-15(9-16(19)17(20)21)23-11-12-6-7-13-4-2-3-5-14(13)8-12;1-7(12)8-3-4(9)2-5(8)6(10)11/h2-8,15-16,22H,9-11H2,1H3,(H,20,21);4-5,9,12H,2-3H2,1H3,(H,10,11)/t15-,16+;4-,5+/m11/s1. The van der Waals surface area contributed by atoms with Gasteiger partial charge in [-0.1, -0.05) is 36.4 Å². The van der Waals surface area contributed by atoms with Gasteiger partial charge >= 0.3 is 26.0 Å². The van der Waals surface area contributed by atoms with Crippen molar-refractivity contribution in [1.82, 2.24) is 9.62 Å². The van der Waals surface area contributed by atoms with Crippen LogP contribution < -0.4 is 0 Å². The Morgan fingerprint density at radius 3 is 2.03 bits per heavy atom. The number of benzene rings is 2. The van der Waals surface area contributed by atoms with E-state index < -0.39 is 44.2 Å². The average Bonchev–Trinajstić information content (AvgIpc) is 3.42. The predicted molar refractivity (Wildman–Crippen MR) is 132 cm³/mol. The average molecular weight is 486 g/mol. The summed E-state index contributed by atoms with van der Waals surface area (Å²) in [4.78, 5) is 24.8. The number of hydrogen-bond donors (Lipinski definition) is 5. The van der Waals surface area contributed by atoms with Crippen molar-refractivity contribution < 1.29 is 39.7 Å². The van der Waals surface area contributed by atoms with E-state index in [4.69, 9.17) is 20.0 Å². The fourth-order valence-electron chi connectivity index (χ4n) is 4.63. The van der Waals surface area contributed by atoms with Crippen LogP contribution in [0, 0.1) is 0 Å². The SMILES string of the molecule is CB(O)N1C[C@H](O)C[C@H]1C(=O)O.CB(O)N1C[C@H](OCc2ccc3ccccc3c2)C[C@H]1C(=O)O. The number of hydrogen-bond acceptors (Lipinski definition) is 8. The fraction of sp³-hybridized carbons (Fsp3) is 0.478. The molecule has 2 saturated heterocycles. The van der Waals surface area contributed by atoms with Gasteiger partial charge in [0.25, 0.3) is 0 Å². The van der Waals surface area contributed by atoms with Crippen LogP contribution in [0.3, 0.4) is 0 Å². The van der Waals surface area contributed by atoms with Crippen molar-refractivity contribution in [2.45, 2.75) is 57.4 Å². The lowest BCUT2D eigenvalue weighted by Crippen LogP contribution is -2.44. The second-order valence-electron chi connectivity index (χ2n) is 9.11. The smallest absolute Gasteiger partial charge is 0.377 e. The van der Waals surface area contributed by atoms with Gasteiger partial charge in [-0.25, -0.2) is 0 Å². The summed E-state index contributed by atoms with van der Waals surface area (Å²) < 4.78 is 5.88. The van der Waals surface area contributed by atoms with Crippen molar-refractivity contribution in [3.63, 3.8) is 0 Å². The maximum atomic E-state index is 11.3. The van der Waals surface area contributed by atoms with Gasteiger partial charge in [-0.15, -0.1) is 0 Å². The van der Waals surface area contributed by atoms with Crippen LogP contribution in [0.1, 0.15) is 18.4 Å². The minimum Gasteiger partial charge on any atom is -0.480 e. The lowest BCUT2D eigenvalue weighted by Gasteiger charge is -2.21. The van der Waals surface area contributed by atoms with E-state index in [1.807, 2.05) is 18.2 Å². The Labute approximate surface area is 205 Å². The van der Waals surface area contributed by atoms with Crippen molar-refractivity contribution >= 4 is 36.8 Å². The third kappa shape index (κ3) is 7.03. The molecule has 0 unspecified atom stereocenters. The van der Waals surface area contributed by atoms with Gasteiger partial charge in [-0.2, -0.15) is 0 Å². The van der Waals surface area contributed by atoms with E-state index in [0.29, 0.717) is 19.6 Å². The fourth-order valence-corrected chi connectivity index (χ4v) is 4.63. The molecule has 10 nitrogen and oxygen atoms in total. The summed E-state index contributed by atoms with van der Waals surface area (Å²) in [5.41, 5.74) is 1.06. The van der Waals surface area contributed by atoms with Crippen LogP contribution in [-0.4, -0.2) is 98.4 Å². The first-order chi connectivity index (χ1) is 16.6. The maximum Gasteiger partial charge on any atom is 0.377 e. The van der Waals surface area contributed by atoms with E-state index in [9.17, 15) is 19.7 Å².